The van der Waals surface area contributed by atoms with Gasteiger partial charge in [-0.25, -0.2) is 0 Å². The Hall–Kier alpha value is -2.24. The van der Waals surface area contributed by atoms with Gasteiger partial charge in [0.25, 0.3) is 0 Å². The monoisotopic (exact) mass is 280 g/mol. The highest BCUT2D eigenvalue weighted by atomic mass is 16.5. The lowest BCUT2D eigenvalue weighted by Crippen LogP contribution is -1.97. The van der Waals surface area contributed by atoms with Crippen LogP contribution in [0.4, 0.5) is 0 Å². The zero-order valence-electron chi connectivity index (χ0n) is 12.7. The van der Waals surface area contributed by atoms with Crippen LogP contribution >= 0.6 is 0 Å². The van der Waals surface area contributed by atoms with E-state index in [1.54, 1.807) is 0 Å². The average molecular weight is 280 g/mol. The molecule has 0 aliphatic rings. The molecule has 0 saturated carbocycles. The number of aliphatic hydroxyl groups excluding tert-OH is 1. The molecule has 0 heterocycles. The fraction of sp³-hybridized carbons (Fsp3) is 0.263. The fourth-order valence-corrected chi connectivity index (χ4v) is 2.06. The summed E-state index contributed by atoms with van der Waals surface area (Å²) in [6.45, 7) is 6.64. The molecule has 2 heteroatoms. The maximum atomic E-state index is 8.73. The van der Waals surface area contributed by atoms with Crippen molar-refractivity contribution in [1.82, 2.24) is 0 Å². The van der Waals surface area contributed by atoms with Gasteiger partial charge in [-0.1, -0.05) is 30.0 Å². The SMILES string of the molecule is Cc1ccc(COc2ccc(C#CCO)c(C)c2)cc1C. The van der Waals surface area contributed by atoms with Gasteiger partial charge in [0.1, 0.15) is 19.0 Å². The standard InChI is InChI=1S/C19H20O2/c1-14-6-7-17(11-15(14)2)13-21-19-9-8-18(5-4-10-20)16(3)12-19/h6-9,11-12,20H,10,13H2,1-3H3. The zero-order valence-corrected chi connectivity index (χ0v) is 12.7. The topological polar surface area (TPSA) is 29.5 Å². The summed E-state index contributed by atoms with van der Waals surface area (Å²) in [4.78, 5) is 0. The summed E-state index contributed by atoms with van der Waals surface area (Å²) in [7, 11) is 0. The number of rotatable bonds is 3. The first kappa shape index (κ1) is 15.2. The van der Waals surface area contributed by atoms with Crippen molar-refractivity contribution in [3.8, 4) is 17.6 Å². The van der Waals surface area contributed by atoms with Crippen molar-refractivity contribution in [2.75, 3.05) is 6.61 Å². The van der Waals surface area contributed by atoms with E-state index in [2.05, 4.69) is 43.9 Å². The van der Waals surface area contributed by atoms with Crippen LogP contribution in [-0.2, 0) is 6.61 Å². The molecule has 2 nitrogen and oxygen atoms in total. The Labute approximate surface area is 126 Å². The molecule has 2 aromatic carbocycles. The second-order valence-electron chi connectivity index (χ2n) is 5.14. The van der Waals surface area contributed by atoms with Crippen LogP contribution in [0, 0.1) is 32.6 Å². The summed E-state index contributed by atoms with van der Waals surface area (Å²) in [6.07, 6.45) is 0. The summed E-state index contributed by atoms with van der Waals surface area (Å²) < 4.78 is 5.83. The van der Waals surface area contributed by atoms with E-state index < -0.39 is 0 Å². The second-order valence-corrected chi connectivity index (χ2v) is 5.14. The molecule has 2 rings (SSSR count). The van der Waals surface area contributed by atoms with Gasteiger partial charge in [-0.05, 0) is 61.2 Å². The van der Waals surface area contributed by atoms with Gasteiger partial charge >= 0.3 is 0 Å². The Bertz CT molecular complexity index is 690. The second kappa shape index (κ2) is 6.97. The van der Waals surface area contributed by atoms with Gasteiger partial charge in [-0.2, -0.15) is 0 Å². The van der Waals surface area contributed by atoms with Crippen molar-refractivity contribution >= 4 is 0 Å². The van der Waals surface area contributed by atoms with E-state index in [0.29, 0.717) is 6.61 Å². The van der Waals surface area contributed by atoms with Crippen LogP contribution in [0.3, 0.4) is 0 Å². The quantitative estimate of drug-likeness (QED) is 0.871. The molecule has 0 bridgehead atoms. The number of ether oxygens (including phenoxy) is 1. The first-order valence-electron chi connectivity index (χ1n) is 6.99. The van der Waals surface area contributed by atoms with E-state index in [9.17, 15) is 0 Å². The highest BCUT2D eigenvalue weighted by Gasteiger charge is 2.01. The molecule has 108 valence electrons. The third kappa shape index (κ3) is 4.11. The zero-order chi connectivity index (χ0) is 15.2. The maximum Gasteiger partial charge on any atom is 0.120 e. The van der Waals surface area contributed by atoms with Crippen LogP contribution in [0.1, 0.15) is 27.8 Å². The molecule has 0 saturated heterocycles. The lowest BCUT2D eigenvalue weighted by molar-refractivity contribution is 0.306. The number of aryl methyl sites for hydroxylation is 3. The normalized spacial score (nSPS) is 9.90. The Balaban J connectivity index is 2.06. The number of benzene rings is 2. The van der Waals surface area contributed by atoms with Crippen LogP contribution in [0.2, 0.25) is 0 Å². The third-order valence-corrected chi connectivity index (χ3v) is 3.48. The molecule has 0 aliphatic heterocycles. The lowest BCUT2D eigenvalue weighted by atomic mass is 10.1. The first-order chi connectivity index (χ1) is 10.1. The van der Waals surface area contributed by atoms with E-state index >= 15 is 0 Å². The molecule has 0 aliphatic carbocycles. The highest BCUT2D eigenvalue weighted by molar-refractivity contribution is 5.44. The van der Waals surface area contributed by atoms with E-state index in [1.165, 1.54) is 16.7 Å². The minimum atomic E-state index is -0.121. The minimum absolute atomic E-state index is 0.121. The molecule has 0 aromatic heterocycles. The number of hydrogen-bond donors (Lipinski definition) is 1. The Morgan fingerprint density at radius 3 is 2.43 bits per heavy atom. The Kier molecular flexibility index (Phi) is 5.03. The molecule has 0 unspecified atom stereocenters. The fourth-order valence-electron chi connectivity index (χ4n) is 2.06. The van der Waals surface area contributed by atoms with Crippen molar-refractivity contribution < 1.29 is 9.84 Å². The van der Waals surface area contributed by atoms with Gasteiger partial charge in [0, 0.05) is 5.56 Å². The molecule has 0 spiro atoms. The van der Waals surface area contributed by atoms with Gasteiger partial charge in [-0.3, -0.25) is 0 Å². The summed E-state index contributed by atoms with van der Waals surface area (Å²) in [5.74, 6) is 6.41. The van der Waals surface area contributed by atoms with Gasteiger partial charge in [0.15, 0.2) is 0 Å². The smallest absolute Gasteiger partial charge is 0.120 e. The third-order valence-electron chi connectivity index (χ3n) is 3.48. The van der Waals surface area contributed by atoms with Gasteiger partial charge < -0.3 is 9.84 Å². The van der Waals surface area contributed by atoms with Crippen molar-refractivity contribution in [1.29, 1.82) is 0 Å². The molecule has 0 radical (unpaired) electrons. The Morgan fingerprint density at radius 2 is 1.76 bits per heavy atom. The van der Waals surface area contributed by atoms with Crippen molar-refractivity contribution in [2.45, 2.75) is 27.4 Å². The van der Waals surface area contributed by atoms with Crippen LogP contribution in [0.25, 0.3) is 0 Å². The molecule has 1 N–H and O–H groups in total. The van der Waals surface area contributed by atoms with Crippen LogP contribution in [0.15, 0.2) is 36.4 Å². The minimum Gasteiger partial charge on any atom is -0.489 e. The van der Waals surface area contributed by atoms with E-state index in [1.807, 2.05) is 25.1 Å². The number of aliphatic hydroxyl groups is 1. The van der Waals surface area contributed by atoms with Crippen LogP contribution in [0.5, 0.6) is 5.75 Å². The summed E-state index contributed by atoms with van der Waals surface area (Å²) in [6, 6.07) is 12.2. The molecule has 0 amide bonds. The largest absolute Gasteiger partial charge is 0.489 e. The van der Waals surface area contributed by atoms with Gasteiger partial charge in [-0.15, -0.1) is 0 Å². The maximum absolute atomic E-state index is 8.73. The molecule has 0 fully saturated rings. The van der Waals surface area contributed by atoms with E-state index in [0.717, 1.165) is 16.9 Å². The molecular formula is C19H20O2. The molecule has 21 heavy (non-hydrogen) atoms. The van der Waals surface area contributed by atoms with Gasteiger partial charge in [0.2, 0.25) is 0 Å². The van der Waals surface area contributed by atoms with Crippen LogP contribution < -0.4 is 4.74 Å². The summed E-state index contributed by atoms with van der Waals surface area (Å²) in [5, 5.41) is 8.73. The van der Waals surface area contributed by atoms with Crippen molar-refractivity contribution in [3.63, 3.8) is 0 Å². The lowest BCUT2D eigenvalue weighted by Gasteiger charge is -2.09. The highest BCUT2D eigenvalue weighted by Crippen LogP contribution is 2.18. The average Bonchev–Trinajstić information content (AvgIpc) is 2.47. The van der Waals surface area contributed by atoms with Crippen molar-refractivity contribution in [2.24, 2.45) is 0 Å². The number of hydrogen-bond acceptors (Lipinski definition) is 2. The van der Waals surface area contributed by atoms with E-state index in [-0.39, 0.29) is 6.61 Å². The molecule has 0 atom stereocenters. The van der Waals surface area contributed by atoms with Crippen molar-refractivity contribution in [3.05, 3.63) is 64.2 Å². The van der Waals surface area contributed by atoms with Gasteiger partial charge in [0.05, 0.1) is 0 Å². The van der Waals surface area contributed by atoms with Crippen LogP contribution in [-0.4, -0.2) is 11.7 Å². The predicted octanol–water partition coefficient (Wildman–Crippen LogP) is 3.53. The molecule has 2 aromatic rings. The molecular weight excluding hydrogens is 260 g/mol. The van der Waals surface area contributed by atoms with E-state index in [4.69, 9.17) is 9.84 Å². The Morgan fingerprint density at radius 1 is 0.952 bits per heavy atom. The summed E-state index contributed by atoms with van der Waals surface area (Å²) >= 11 is 0. The summed E-state index contributed by atoms with van der Waals surface area (Å²) in [5.41, 5.74) is 5.71. The first-order valence-corrected chi connectivity index (χ1v) is 6.99. The predicted molar refractivity (Wildman–Crippen MR) is 85.4 cm³/mol.